The first kappa shape index (κ1) is 22.4. The Balaban J connectivity index is 1.96. The summed E-state index contributed by atoms with van der Waals surface area (Å²) in [5, 5.41) is 13.9. The quantitative estimate of drug-likeness (QED) is 0.718. The molecule has 0 saturated heterocycles. The second-order valence-electron chi connectivity index (χ2n) is 7.43. The van der Waals surface area contributed by atoms with Crippen molar-refractivity contribution in [1.82, 2.24) is 0 Å². The predicted octanol–water partition coefficient (Wildman–Crippen LogP) is 4.09. The van der Waals surface area contributed by atoms with E-state index in [4.69, 9.17) is 14.7 Å². The second kappa shape index (κ2) is 9.56. The molecule has 2 rings (SSSR count). The van der Waals surface area contributed by atoms with E-state index in [0.29, 0.717) is 16.9 Å². The standard InChI is InChI=1S/C22H23N3O5/c1-14(19(26)24-17-10-8-15(13-23)9-11-17)29-20(27)16-6-5-7-18(12-16)25-21(28)30-22(2,3)4/h5-12,14H,1-4H3,(H,24,26)(H,25,28)/t14-/m1/s1. The van der Waals surface area contributed by atoms with Crippen LogP contribution in [-0.4, -0.2) is 29.7 Å². The van der Waals surface area contributed by atoms with E-state index in [1.807, 2.05) is 6.07 Å². The third kappa shape index (κ3) is 6.95. The first-order valence-corrected chi connectivity index (χ1v) is 9.19. The molecule has 2 amide bonds. The second-order valence-corrected chi connectivity index (χ2v) is 7.43. The lowest BCUT2D eigenvalue weighted by atomic mass is 10.2. The molecule has 0 spiro atoms. The zero-order chi connectivity index (χ0) is 22.3. The average Bonchev–Trinajstić information content (AvgIpc) is 2.67. The number of hydrogen-bond donors (Lipinski definition) is 2. The molecule has 0 aliphatic heterocycles. The zero-order valence-electron chi connectivity index (χ0n) is 17.2. The van der Waals surface area contributed by atoms with Crippen molar-refractivity contribution in [3.05, 3.63) is 59.7 Å². The minimum absolute atomic E-state index is 0.168. The van der Waals surface area contributed by atoms with Gasteiger partial charge in [-0.15, -0.1) is 0 Å². The van der Waals surface area contributed by atoms with Gasteiger partial charge < -0.3 is 14.8 Å². The largest absolute Gasteiger partial charge is 0.449 e. The minimum Gasteiger partial charge on any atom is -0.449 e. The van der Waals surface area contributed by atoms with Crippen LogP contribution in [-0.2, 0) is 14.3 Å². The van der Waals surface area contributed by atoms with E-state index in [1.54, 1.807) is 57.2 Å². The van der Waals surface area contributed by atoms with Gasteiger partial charge in [-0.05, 0) is 70.2 Å². The molecule has 0 bridgehead atoms. The van der Waals surface area contributed by atoms with Gasteiger partial charge in [-0.2, -0.15) is 5.26 Å². The molecule has 8 nitrogen and oxygen atoms in total. The highest BCUT2D eigenvalue weighted by Crippen LogP contribution is 2.16. The van der Waals surface area contributed by atoms with Crippen molar-refractivity contribution in [2.24, 2.45) is 0 Å². The first-order valence-electron chi connectivity index (χ1n) is 9.19. The van der Waals surface area contributed by atoms with Crippen LogP contribution < -0.4 is 10.6 Å². The highest BCUT2D eigenvalue weighted by atomic mass is 16.6. The number of carbonyl (C=O) groups is 3. The van der Waals surface area contributed by atoms with E-state index in [-0.39, 0.29) is 5.56 Å². The van der Waals surface area contributed by atoms with Crippen molar-refractivity contribution < 1.29 is 23.9 Å². The Kier molecular flexibility index (Phi) is 7.15. The molecule has 2 N–H and O–H groups in total. The number of ether oxygens (including phenoxy) is 2. The molecule has 156 valence electrons. The number of hydrogen-bond acceptors (Lipinski definition) is 6. The van der Waals surface area contributed by atoms with Gasteiger partial charge in [0.1, 0.15) is 5.60 Å². The molecule has 8 heteroatoms. The fourth-order valence-electron chi connectivity index (χ4n) is 2.30. The van der Waals surface area contributed by atoms with Crippen LogP contribution >= 0.6 is 0 Å². The van der Waals surface area contributed by atoms with Gasteiger partial charge in [0.15, 0.2) is 6.10 Å². The molecule has 2 aromatic carbocycles. The molecule has 1 atom stereocenters. The number of rotatable bonds is 5. The highest BCUT2D eigenvalue weighted by molar-refractivity contribution is 5.98. The Bertz CT molecular complexity index is 972. The fourth-order valence-corrected chi connectivity index (χ4v) is 2.30. The van der Waals surface area contributed by atoms with E-state index < -0.39 is 29.7 Å². The maximum Gasteiger partial charge on any atom is 0.412 e. The van der Waals surface area contributed by atoms with Crippen LogP contribution in [0.4, 0.5) is 16.2 Å². The number of nitriles is 1. The summed E-state index contributed by atoms with van der Waals surface area (Å²) < 4.78 is 10.4. The molecular weight excluding hydrogens is 386 g/mol. The van der Waals surface area contributed by atoms with E-state index >= 15 is 0 Å². The summed E-state index contributed by atoms with van der Waals surface area (Å²) in [5.41, 5.74) is 0.811. The first-order chi connectivity index (χ1) is 14.1. The summed E-state index contributed by atoms with van der Waals surface area (Å²) >= 11 is 0. The predicted molar refractivity (Wildman–Crippen MR) is 111 cm³/mol. The molecule has 0 aliphatic carbocycles. The number of nitrogens with zero attached hydrogens (tertiary/aromatic N) is 1. The van der Waals surface area contributed by atoms with Gasteiger partial charge in [-0.3, -0.25) is 10.1 Å². The summed E-state index contributed by atoms with van der Waals surface area (Å²) in [7, 11) is 0. The van der Waals surface area contributed by atoms with E-state index in [1.165, 1.54) is 19.1 Å². The number of benzene rings is 2. The van der Waals surface area contributed by atoms with Crippen molar-refractivity contribution in [3.8, 4) is 6.07 Å². The monoisotopic (exact) mass is 409 g/mol. The SMILES string of the molecule is C[C@@H](OC(=O)c1cccc(NC(=O)OC(C)(C)C)c1)C(=O)Nc1ccc(C#N)cc1. The third-order valence-electron chi connectivity index (χ3n) is 3.68. The number of amides is 2. The van der Waals surface area contributed by atoms with Gasteiger partial charge in [-0.1, -0.05) is 6.07 Å². The Morgan fingerprint density at radius 3 is 2.27 bits per heavy atom. The number of anilines is 2. The van der Waals surface area contributed by atoms with Crippen LogP contribution in [0.25, 0.3) is 0 Å². The lowest BCUT2D eigenvalue weighted by molar-refractivity contribution is -0.123. The van der Waals surface area contributed by atoms with Crippen LogP contribution in [0, 0.1) is 11.3 Å². The molecule has 0 radical (unpaired) electrons. The van der Waals surface area contributed by atoms with Crippen LogP contribution in [0.15, 0.2) is 48.5 Å². The van der Waals surface area contributed by atoms with Crippen molar-refractivity contribution in [1.29, 1.82) is 5.26 Å². The molecule has 0 heterocycles. The van der Waals surface area contributed by atoms with E-state index in [2.05, 4.69) is 10.6 Å². The van der Waals surface area contributed by atoms with Gasteiger partial charge in [0.25, 0.3) is 5.91 Å². The fraction of sp³-hybridized carbons (Fsp3) is 0.273. The van der Waals surface area contributed by atoms with Gasteiger partial charge in [0.2, 0.25) is 0 Å². The maximum atomic E-state index is 12.4. The van der Waals surface area contributed by atoms with E-state index in [9.17, 15) is 14.4 Å². The van der Waals surface area contributed by atoms with Crippen molar-refractivity contribution in [3.63, 3.8) is 0 Å². The van der Waals surface area contributed by atoms with Crippen LogP contribution in [0.1, 0.15) is 43.6 Å². The number of nitrogens with one attached hydrogen (secondary N) is 2. The lowest BCUT2D eigenvalue weighted by Crippen LogP contribution is -2.30. The van der Waals surface area contributed by atoms with Gasteiger partial charge in [0.05, 0.1) is 17.2 Å². The summed E-state index contributed by atoms with van der Waals surface area (Å²) in [6, 6.07) is 14.4. The van der Waals surface area contributed by atoms with Crippen molar-refractivity contribution >= 4 is 29.3 Å². The molecule has 2 aromatic rings. The lowest BCUT2D eigenvalue weighted by Gasteiger charge is -2.19. The maximum absolute atomic E-state index is 12.4. The Morgan fingerprint density at radius 2 is 1.67 bits per heavy atom. The highest BCUT2D eigenvalue weighted by Gasteiger charge is 2.20. The Hall–Kier alpha value is -3.86. The zero-order valence-corrected chi connectivity index (χ0v) is 17.2. The van der Waals surface area contributed by atoms with Crippen molar-refractivity contribution in [2.45, 2.75) is 39.4 Å². The van der Waals surface area contributed by atoms with Crippen LogP contribution in [0.3, 0.4) is 0 Å². The molecule has 0 aromatic heterocycles. The summed E-state index contributed by atoms with van der Waals surface area (Å²) in [6.07, 6.45) is -1.71. The topological polar surface area (TPSA) is 118 Å². The molecule has 30 heavy (non-hydrogen) atoms. The van der Waals surface area contributed by atoms with Gasteiger partial charge in [0, 0.05) is 11.4 Å². The molecule has 0 aliphatic rings. The molecule has 0 fully saturated rings. The summed E-state index contributed by atoms with van der Waals surface area (Å²) in [4.78, 5) is 36.5. The van der Waals surface area contributed by atoms with Crippen LogP contribution in [0.5, 0.6) is 0 Å². The van der Waals surface area contributed by atoms with Gasteiger partial charge in [-0.25, -0.2) is 9.59 Å². The number of carbonyl (C=O) groups excluding carboxylic acids is 3. The van der Waals surface area contributed by atoms with Gasteiger partial charge >= 0.3 is 12.1 Å². The van der Waals surface area contributed by atoms with Crippen molar-refractivity contribution in [2.75, 3.05) is 10.6 Å². The summed E-state index contributed by atoms with van der Waals surface area (Å²) in [5.74, 6) is -1.23. The molecule has 0 saturated carbocycles. The Morgan fingerprint density at radius 1 is 1.00 bits per heavy atom. The Labute approximate surface area is 174 Å². The molecular formula is C22H23N3O5. The smallest absolute Gasteiger partial charge is 0.412 e. The average molecular weight is 409 g/mol. The van der Waals surface area contributed by atoms with E-state index in [0.717, 1.165) is 0 Å². The minimum atomic E-state index is -1.06. The summed E-state index contributed by atoms with van der Waals surface area (Å²) in [6.45, 7) is 6.67. The third-order valence-corrected chi connectivity index (χ3v) is 3.68. The molecule has 0 unspecified atom stereocenters. The van der Waals surface area contributed by atoms with Crippen LogP contribution in [0.2, 0.25) is 0 Å². The number of esters is 1. The normalized spacial score (nSPS) is 11.6.